The zero-order valence-electron chi connectivity index (χ0n) is 6.38. The van der Waals surface area contributed by atoms with Crippen LogP contribution in [0.1, 0.15) is 0 Å². The molecule has 0 spiro atoms. The summed E-state index contributed by atoms with van der Waals surface area (Å²) in [4.78, 5) is 0. The quantitative estimate of drug-likeness (QED) is 0.422. The topological polar surface area (TPSA) is 9.23 Å². The second-order valence-corrected chi connectivity index (χ2v) is 3.75. The van der Waals surface area contributed by atoms with Gasteiger partial charge in [0.1, 0.15) is 0 Å². The largest absolute Gasteiger partial charge is 0.366 e. The maximum atomic E-state index is 12.9. The lowest BCUT2D eigenvalue weighted by Crippen LogP contribution is -2.69. The van der Waals surface area contributed by atoms with Crippen molar-refractivity contribution in [1.82, 2.24) is 0 Å². The zero-order chi connectivity index (χ0) is 9.43. The first-order valence-corrected chi connectivity index (χ1v) is 4.05. The SMILES string of the molecule is FC1(F)C2C3C=CC(O3)C2C1(F)F. The van der Waals surface area contributed by atoms with Crippen LogP contribution in [-0.2, 0) is 4.74 Å². The Balaban J connectivity index is 2.04. The molecule has 2 aliphatic heterocycles. The van der Waals surface area contributed by atoms with Crippen LogP contribution in [0, 0.1) is 11.8 Å². The highest BCUT2D eigenvalue weighted by molar-refractivity contribution is 5.28. The van der Waals surface area contributed by atoms with Crippen molar-refractivity contribution in [3.63, 3.8) is 0 Å². The second-order valence-electron chi connectivity index (χ2n) is 3.75. The predicted molar refractivity (Wildman–Crippen MR) is 34.7 cm³/mol. The van der Waals surface area contributed by atoms with Gasteiger partial charge >= 0.3 is 11.8 Å². The van der Waals surface area contributed by atoms with Crippen molar-refractivity contribution in [2.24, 2.45) is 11.8 Å². The molecule has 2 heterocycles. The normalized spacial score (nSPS) is 53.2. The number of rotatable bonds is 0. The maximum absolute atomic E-state index is 12.9. The average Bonchev–Trinajstić information content (AvgIpc) is 2.60. The molecule has 0 aromatic rings. The van der Waals surface area contributed by atoms with Gasteiger partial charge in [-0.15, -0.1) is 0 Å². The molecule has 2 bridgehead atoms. The van der Waals surface area contributed by atoms with Crippen LogP contribution in [0.3, 0.4) is 0 Å². The summed E-state index contributed by atoms with van der Waals surface area (Å²) < 4.78 is 56.4. The molecule has 2 fully saturated rings. The van der Waals surface area contributed by atoms with Crippen molar-refractivity contribution < 1.29 is 22.3 Å². The molecule has 4 unspecified atom stereocenters. The second kappa shape index (κ2) is 1.78. The van der Waals surface area contributed by atoms with Gasteiger partial charge in [0, 0.05) is 0 Å². The van der Waals surface area contributed by atoms with Crippen LogP contribution in [0.2, 0.25) is 0 Å². The smallest absolute Gasteiger partial charge is 0.316 e. The van der Waals surface area contributed by atoms with Crippen molar-refractivity contribution in [2.45, 2.75) is 24.1 Å². The predicted octanol–water partition coefficient (Wildman–Crippen LogP) is 1.84. The van der Waals surface area contributed by atoms with E-state index >= 15 is 0 Å². The molecule has 1 saturated heterocycles. The summed E-state index contributed by atoms with van der Waals surface area (Å²) in [5.41, 5.74) is 0. The first kappa shape index (κ1) is 7.79. The van der Waals surface area contributed by atoms with Crippen molar-refractivity contribution >= 4 is 0 Å². The Morgan fingerprint density at radius 2 is 1.23 bits per heavy atom. The summed E-state index contributed by atoms with van der Waals surface area (Å²) in [5, 5.41) is 0. The summed E-state index contributed by atoms with van der Waals surface area (Å²) in [6.07, 6.45) is 1.30. The van der Waals surface area contributed by atoms with Crippen LogP contribution < -0.4 is 0 Å². The van der Waals surface area contributed by atoms with Crippen molar-refractivity contribution in [1.29, 1.82) is 0 Å². The Labute approximate surface area is 71.4 Å². The minimum Gasteiger partial charge on any atom is -0.366 e. The van der Waals surface area contributed by atoms with Gasteiger partial charge in [0.25, 0.3) is 0 Å². The highest BCUT2D eigenvalue weighted by Gasteiger charge is 2.84. The zero-order valence-corrected chi connectivity index (χ0v) is 6.38. The van der Waals surface area contributed by atoms with Gasteiger partial charge in [0.05, 0.1) is 24.0 Å². The Bertz CT molecular complexity index is 271. The molecule has 1 nitrogen and oxygen atoms in total. The molecule has 0 amide bonds. The van der Waals surface area contributed by atoms with E-state index in [2.05, 4.69) is 0 Å². The summed E-state index contributed by atoms with van der Waals surface area (Å²) in [5.74, 6) is -10.4. The average molecular weight is 194 g/mol. The molecule has 3 aliphatic rings. The van der Waals surface area contributed by atoms with E-state index in [-0.39, 0.29) is 0 Å². The summed E-state index contributed by atoms with van der Waals surface area (Å²) >= 11 is 0. The molecule has 3 rings (SSSR count). The Kier molecular flexibility index (Phi) is 1.06. The Hall–Kier alpha value is -0.580. The van der Waals surface area contributed by atoms with Crippen molar-refractivity contribution in [3.8, 4) is 0 Å². The van der Waals surface area contributed by atoms with Crippen LogP contribution in [-0.4, -0.2) is 24.1 Å². The third kappa shape index (κ3) is 0.591. The first-order chi connectivity index (χ1) is 5.96. The third-order valence-electron chi connectivity index (χ3n) is 3.18. The molecule has 0 aromatic carbocycles. The third-order valence-corrected chi connectivity index (χ3v) is 3.18. The van der Waals surface area contributed by atoms with E-state index in [1.54, 1.807) is 0 Å². The number of hydrogen-bond donors (Lipinski definition) is 0. The highest BCUT2D eigenvalue weighted by atomic mass is 19.3. The fourth-order valence-electron chi connectivity index (χ4n) is 2.52. The standard InChI is InChI=1S/C8H6F4O/c9-7(10)5-3-1-2-4(13-3)6(5)8(7,11)12/h1-6H. The lowest BCUT2D eigenvalue weighted by Gasteiger charge is -2.49. The molecule has 0 N–H and O–H groups in total. The molecular weight excluding hydrogens is 188 g/mol. The van der Waals surface area contributed by atoms with Gasteiger partial charge in [-0.2, -0.15) is 17.6 Å². The lowest BCUT2D eigenvalue weighted by atomic mass is 9.61. The first-order valence-electron chi connectivity index (χ1n) is 4.05. The number of fused-ring (bicyclic) bond motifs is 5. The molecule has 1 aliphatic carbocycles. The van der Waals surface area contributed by atoms with E-state index in [1.165, 1.54) is 12.2 Å². The summed E-state index contributed by atoms with van der Waals surface area (Å²) in [7, 11) is 0. The monoisotopic (exact) mass is 194 g/mol. The number of halogens is 4. The minimum atomic E-state index is -3.89. The Morgan fingerprint density at radius 1 is 0.846 bits per heavy atom. The molecule has 0 aromatic heterocycles. The number of hydrogen-bond acceptors (Lipinski definition) is 1. The van der Waals surface area contributed by atoms with Crippen LogP contribution >= 0.6 is 0 Å². The van der Waals surface area contributed by atoms with Gasteiger partial charge in [-0.1, -0.05) is 12.2 Å². The molecule has 0 radical (unpaired) electrons. The summed E-state index contributed by atoms with van der Waals surface area (Å²) in [6, 6.07) is 0. The van der Waals surface area contributed by atoms with E-state index in [0.29, 0.717) is 0 Å². The molecule has 72 valence electrons. The van der Waals surface area contributed by atoms with E-state index in [4.69, 9.17) is 4.74 Å². The fraction of sp³-hybridized carbons (Fsp3) is 0.750. The van der Waals surface area contributed by atoms with Gasteiger partial charge in [-0.05, 0) is 0 Å². The van der Waals surface area contributed by atoms with Gasteiger partial charge in [0.15, 0.2) is 0 Å². The van der Waals surface area contributed by atoms with Crippen molar-refractivity contribution in [2.75, 3.05) is 0 Å². The van der Waals surface area contributed by atoms with Crippen LogP contribution in [0.25, 0.3) is 0 Å². The van der Waals surface area contributed by atoms with Gasteiger partial charge in [0.2, 0.25) is 0 Å². The number of ether oxygens (including phenoxy) is 1. The molecular formula is C8H6F4O. The van der Waals surface area contributed by atoms with Gasteiger partial charge in [-0.25, -0.2) is 0 Å². The maximum Gasteiger partial charge on any atom is 0.316 e. The fourth-order valence-corrected chi connectivity index (χ4v) is 2.52. The minimum absolute atomic E-state index is 0.801. The van der Waals surface area contributed by atoms with Gasteiger partial charge in [-0.3, -0.25) is 0 Å². The molecule has 13 heavy (non-hydrogen) atoms. The molecule has 5 heteroatoms. The summed E-state index contributed by atoms with van der Waals surface area (Å²) in [6.45, 7) is 0. The van der Waals surface area contributed by atoms with Crippen LogP contribution in [0.15, 0.2) is 12.2 Å². The Morgan fingerprint density at radius 3 is 1.62 bits per heavy atom. The van der Waals surface area contributed by atoms with Crippen LogP contribution in [0.5, 0.6) is 0 Å². The van der Waals surface area contributed by atoms with E-state index in [0.717, 1.165) is 0 Å². The van der Waals surface area contributed by atoms with E-state index < -0.39 is 35.9 Å². The van der Waals surface area contributed by atoms with E-state index in [9.17, 15) is 17.6 Å². The van der Waals surface area contributed by atoms with Crippen LogP contribution in [0.4, 0.5) is 17.6 Å². The molecule has 4 atom stereocenters. The number of alkyl halides is 4. The van der Waals surface area contributed by atoms with Crippen molar-refractivity contribution in [3.05, 3.63) is 12.2 Å². The molecule has 1 saturated carbocycles. The van der Waals surface area contributed by atoms with Gasteiger partial charge < -0.3 is 4.74 Å². The lowest BCUT2D eigenvalue weighted by molar-refractivity contribution is -0.346. The highest BCUT2D eigenvalue weighted by Crippen LogP contribution is 2.67. The van der Waals surface area contributed by atoms with E-state index in [1.807, 2.05) is 0 Å².